The van der Waals surface area contributed by atoms with Crippen LogP contribution < -0.4 is 16.9 Å². The highest BCUT2D eigenvalue weighted by atomic mass is 19.4. The molecule has 5 N–H and O–H groups in total. The van der Waals surface area contributed by atoms with E-state index in [1.54, 1.807) is 13.8 Å². The van der Waals surface area contributed by atoms with E-state index in [1.165, 1.54) is 29.4 Å². The lowest BCUT2D eigenvalue weighted by molar-refractivity contribution is -0.137. The average molecular weight is 528 g/mol. The van der Waals surface area contributed by atoms with Crippen molar-refractivity contribution in [2.24, 2.45) is 16.7 Å². The largest absolute Gasteiger partial charge is 0.416 e. The van der Waals surface area contributed by atoms with E-state index < -0.39 is 17.6 Å². The molecular weight excluding hydrogens is 498 g/mol. The lowest BCUT2D eigenvalue weighted by atomic mass is 10.0. The average Bonchev–Trinajstić information content (AvgIpc) is 3.59. The molecule has 1 saturated carbocycles. The number of hydrogen-bond acceptors (Lipinski definition) is 6. The molecule has 0 atom stereocenters. The van der Waals surface area contributed by atoms with E-state index in [9.17, 15) is 17.6 Å². The van der Waals surface area contributed by atoms with Gasteiger partial charge < -0.3 is 11.1 Å². The van der Waals surface area contributed by atoms with Crippen molar-refractivity contribution in [3.63, 3.8) is 0 Å². The Bertz CT molecular complexity index is 1400. The molecule has 1 aliphatic rings. The SMILES string of the molecule is C=C(N)c1cc(F)cc(C)c1NC(=C)c1cc(CN(N)/N=C(\C)c2ccc(C(F)(F)F)cc2)nn1C1CC1. The third-order valence-electron chi connectivity index (χ3n) is 6.14. The van der Waals surface area contributed by atoms with Crippen LogP contribution in [0.1, 0.15) is 59.4 Å². The van der Waals surface area contributed by atoms with Crippen LogP contribution in [-0.4, -0.2) is 20.6 Å². The number of nitrogens with zero attached hydrogens (tertiary/aromatic N) is 4. The topological polar surface area (TPSA) is 97.5 Å². The molecule has 200 valence electrons. The molecule has 0 spiro atoms. The summed E-state index contributed by atoms with van der Waals surface area (Å²) in [6.45, 7) is 11.5. The minimum atomic E-state index is -4.41. The molecule has 0 bridgehead atoms. The number of aryl methyl sites for hydroxylation is 1. The summed E-state index contributed by atoms with van der Waals surface area (Å²) < 4.78 is 54.3. The zero-order chi connectivity index (χ0) is 27.8. The van der Waals surface area contributed by atoms with Crippen molar-refractivity contribution < 1.29 is 17.6 Å². The molecule has 0 unspecified atom stereocenters. The number of hydrazone groups is 1. The number of nitrogens with two attached hydrogens (primary N) is 2. The first-order chi connectivity index (χ1) is 17.8. The van der Waals surface area contributed by atoms with Gasteiger partial charge in [-0.1, -0.05) is 25.3 Å². The summed E-state index contributed by atoms with van der Waals surface area (Å²) in [7, 11) is 0. The summed E-state index contributed by atoms with van der Waals surface area (Å²) in [5, 5.41) is 13.4. The Morgan fingerprint density at radius 3 is 2.42 bits per heavy atom. The second-order valence-electron chi connectivity index (χ2n) is 9.33. The van der Waals surface area contributed by atoms with Crippen molar-refractivity contribution in [3.8, 4) is 0 Å². The minimum Gasteiger partial charge on any atom is -0.399 e. The monoisotopic (exact) mass is 527 g/mol. The molecule has 0 aliphatic heterocycles. The molecule has 3 aromatic rings. The van der Waals surface area contributed by atoms with Crippen LogP contribution >= 0.6 is 0 Å². The molecule has 0 radical (unpaired) electrons. The second-order valence-corrected chi connectivity index (χ2v) is 9.33. The van der Waals surface area contributed by atoms with E-state index >= 15 is 0 Å². The molecule has 38 heavy (non-hydrogen) atoms. The second kappa shape index (κ2) is 10.3. The Hall–Kier alpha value is -4.12. The molecule has 1 fully saturated rings. The molecule has 11 heteroatoms. The highest BCUT2D eigenvalue weighted by Gasteiger charge is 2.30. The number of rotatable bonds is 9. The first-order valence-corrected chi connectivity index (χ1v) is 11.9. The van der Waals surface area contributed by atoms with Gasteiger partial charge in [0.2, 0.25) is 0 Å². The summed E-state index contributed by atoms with van der Waals surface area (Å²) in [6, 6.07) is 9.50. The van der Waals surface area contributed by atoms with Crippen molar-refractivity contribution in [1.29, 1.82) is 0 Å². The van der Waals surface area contributed by atoms with Gasteiger partial charge in [-0.25, -0.2) is 15.4 Å². The Morgan fingerprint density at radius 1 is 1.18 bits per heavy atom. The summed E-state index contributed by atoms with van der Waals surface area (Å²) in [5.74, 6) is 5.68. The van der Waals surface area contributed by atoms with Crippen molar-refractivity contribution in [3.05, 3.63) is 95.1 Å². The lowest BCUT2D eigenvalue weighted by Gasteiger charge is -2.17. The van der Waals surface area contributed by atoms with E-state index in [2.05, 4.69) is 28.7 Å². The zero-order valence-electron chi connectivity index (χ0n) is 21.1. The predicted octanol–water partition coefficient (Wildman–Crippen LogP) is 5.80. The predicted molar refractivity (Wildman–Crippen MR) is 141 cm³/mol. The fraction of sp³-hybridized carbons (Fsp3) is 0.259. The first kappa shape index (κ1) is 26.9. The number of hydrazine groups is 1. The summed E-state index contributed by atoms with van der Waals surface area (Å²) in [6.07, 6.45) is -2.46. The third kappa shape index (κ3) is 6.05. The normalized spacial score (nSPS) is 13.9. The van der Waals surface area contributed by atoms with Crippen LogP contribution in [0.4, 0.5) is 23.2 Å². The zero-order valence-corrected chi connectivity index (χ0v) is 21.1. The van der Waals surface area contributed by atoms with Gasteiger partial charge in [0, 0.05) is 11.3 Å². The van der Waals surface area contributed by atoms with E-state index in [-0.39, 0.29) is 18.3 Å². The summed E-state index contributed by atoms with van der Waals surface area (Å²) in [5.41, 5.74) is 9.95. The van der Waals surface area contributed by atoms with Gasteiger partial charge in [-0.2, -0.15) is 23.4 Å². The maximum atomic E-state index is 14.0. The van der Waals surface area contributed by atoms with Crippen LogP contribution in [0, 0.1) is 12.7 Å². The Morgan fingerprint density at radius 2 is 1.84 bits per heavy atom. The Balaban J connectivity index is 1.53. The third-order valence-corrected chi connectivity index (χ3v) is 6.14. The Kier molecular flexibility index (Phi) is 7.32. The van der Waals surface area contributed by atoms with Gasteiger partial charge in [-0.05, 0) is 68.1 Å². The smallest absolute Gasteiger partial charge is 0.399 e. The van der Waals surface area contributed by atoms with Crippen LogP contribution in [0.5, 0.6) is 0 Å². The molecule has 0 saturated heterocycles. The fourth-order valence-corrected chi connectivity index (χ4v) is 4.07. The van der Waals surface area contributed by atoms with Gasteiger partial charge in [0.25, 0.3) is 0 Å². The van der Waals surface area contributed by atoms with E-state index in [0.29, 0.717) is 39.5 Å². The van der Waals surface area contributed by atoms with Gasteiger partial charge in [0.05, 0.1) is 46.6 Å². The molecule has 4 rings (SSSR count). The number of alkyl halides is 3. The quantitative estimate of drug-likeness (QED) is 0.142. The number of hydrogen-bond donors (Lipinski definition) is 3. The number of anilines is 1. The van der Waals surface area contributed by atoms with Crippen LogP contribution in [0.3, 0.4) is 0 Å². The number of halogens is 4. The van der Waals surface area contributed by atoms with Crippen LogP contribution in [0.2, 0.25) is 0 Å². The van der Waals surface area contributed by atoms with Gasteiger partial charge in [0.15, 0.2) is 0 Å². The molecule has 7 nitrogen and oxygen atoms in total. The van der Waals surface area contributed by atoms with Gasteiger partial charge in [-0.15, -0.1) is 0 Å². The molecule has 1 aliphatic carbocycles. The molecule has 0 amide bonds. The first-order valence-electron chi connectivity index (χ1n) is 11.9. The van der Waals surface area contributed by atoms with Crippen molar-refractivity contribution in [2.75, 3.05) is 5.32 Å². The van der Waals surface area contributed by atoms with Crippen LogP contribution in [0.25, 0.3) is 11.4 Å². The van der Waals surface area contributed by atoms with Crippen LogP contribution in [0.15, 0.2) is 60.7 Å². The van der Waals surface area contributed by atoms with Crippen molar-refractivity contribution in [1.82, 2.24) is 14.9 Å². The van der Waals surface area contributed by atoms with Crippen molar-refractivity contribution >= 4 is 22.8 Å². The lowest BCUT2D eigenvalue weighted by Crippen LogP contribution is -2.26. The standard InChI is InChI=1S/C27H29F4N7/c1-15-11-21(28)12-24(16(2)32)26(15)34-18(4)25-13-22(36-38(25)23-9-10-23)14-37(33)35-17(3)19-5-7-20(8-6-19)27(29,30)31/h5-8,11-13,23,34H,2,4,9-10,14,32-33H2,1,3H3/b35-17+. The minimum absolute atomic E-state index is 0.151. The van der Waals surface area contributed by atoms with Gasteiger partial charge in [-0.3, -0.25) is 4.68 Å². The highest BCUT2D eigenvalue weighted by molar-refractivity contribution is 5.98. The number of benzene rings is 2. The van der Waals surface area contributed by atoms with Crippen LogP contribution in [-0.2, 0) is 12.7 Å². The molecule has 1 heterocycles. The molecule has 2 aromatic carbocycles. The van der Waals surface area contributed by atoms with Crippen molar-refractivity contribution in [2.45, 2.75) is 45.5 Å². The number of aromatic nitrogens is 2. The molecule has 1 aromatic heterocycles. The highest BCUT2D eigenvalue weighted by Crippen LogP contribution is 2.38. The maximum Gasteiger partial charge on any atom is 0.416 e. The number of nitrogens with one attached hydrogen (secondary N) is 1. The van der Waals surface area contributed by atoms with E-state index in [4.69, 9.17) is 11.6 Å². The Labute approximate surface area is 218 Å². The summed E-state index contributed by atoms with van der Waals surface area (Å²) >= 11 is 0. The van der Waals surface area contributed by atoms with E-state index in [1.807, 2.05) is 10.7 Å². The van der Waals surface area contributed by atoms with E-state index in [0.717, 1.165) is 30.7 Å². The van der Waals surface area contributed by atoms with Gasteiger partial charge in [0.1, 0.15) is 5.82 Å². The fourth-order valence-electron chi connectivity index (χ4n) is 4.07. The van der Waals surface area contributed by atoms with Gasteiger partial charge >= 0.3 is 6.18 Å². The maximum absolute atomic E-state index is 14.0. The molecular formula is C27H29F4N7. The summed E-state index contributed by atoms with van der Waals surface area (Å²) in [4.78, 5) is 0.